The first-order valence-electron chi connectivity index (χ1n) is 5.61. The number of anilines is 1. The predicted octanol–water partition coefficient (Wildman–Crippen LogP) is 0.797. The van der Waals surface area contributed by atoms with Crippen molar-refractivity contribution in [1.29, 1.82) is 0 Å². The molecule has 6 nitrogen and oxygen atoms in total. The van der Waals surface area contributed by atoms with E-state index < -0.39 is 0 Å². The number of carbonyl (C=O) groups excluding carboxylic acids is 1. The van der Waals surface area contributed by atoms with Gasteiger partial charge in [0, 0.05) is 13.6 Å². The molecular formula is C11H20N4O2. The zero-order chi connectivity index (χ0) is 13.0. The lowest BCUT2D eigenvalue weighted by Crippen LogP contribution is -2.31. The van der Waals surface area contributed by atoms with Crippen molar-refractivity contribution < 1.29 is 9.53 Å². The molecule has 0 saturated heterocycles. The molecule has 1 amide bonds. The van der Waals surface area contributed by atoms with Gasteiger partial charge in [0.05, 0.1) is 24.1 Å². The second-order valence-electron chi connectivity index (χ2n) is 4.26. The fraction of sp³-hybridized carbons (Fsp3) is 0.636. The molecule has 0 atom stereocenters. The van der Waals surface area contributed by atoms with Gasteiger partial charge in [-0.05, 0) is 20.8 Å². The molecule has 6 heteroatoms. The summed E-state index contributed by atoms with van der Waals surface area (Å²) >= 11 is 0. The number of H-pyrrole nitrogens is 1. The predicted molar refractivity (Wildman–Crippen MR) is 65.8 cm³/mol. The molecule has 0 unspecified atom stereocenters. The van der Waals surface area contributed by atoms with Crippen LogP contribution in [-0.4, -0.2) is 47.3 Å². The van der Waals surface area contributed by atoms with Gasteiger partial charge in [-0.3, -0.25) is 9.89 Å². The first-order chi connectivity index (χ1) is 7.93. The van der Waals surface area contributed by atoms with Crippen LogP contribution >= 0.6 is 0 Å². The maximum atomic E-state index is 12.0. The number of nitrogens with two attached hydrogens (primary N) is 1. The van der Waals surface area contributed by atoms with Crippen molar-refractivity contribution in [3.05, 3.63) is 11.4 Å². The third-order valence-electron chi connectivity index (χ3n) is 2.42. The molecule has 0 aromatic carbocycles. The summed E-state index contributed by atoms with van der Waals surface area (Å²) in [4.78, 5) is 13.5. The Kier molecular flexibility index (Phi) is 4.51. The molecule has 1 aromatic rings. The van der Waals surface area contributed by atoms with Crippen LogP contribution in [0.3, 0.4) is 0 Å². The molecule has 1 heterocycles. The van der Waals surface area contributed by atoms with E-state index in [1.54, 1.807) is 18.9 Å². The van der Waals surface area contributed by atoms with Crippen LogP contribution < -0.4 is 5.73 Å². The number of hydrogen-bond acceptors (Lipinski definition) is 4. The number of nitrogens with zero attached hydrogens (tertiary/aromatic N) is 2. The van der Waals surface area contributed by atoms with Crippen LogP contribution in [0.15, 0.2) is 0 Å². The van der Waals surface area contributed by atoms with E-state index in [1.165, 1.54) is 0 Å². The Hall–Kier alpha value is -1.56. The van der Waals surface area contributed by atoms with Gasteiger partial charge in [-0.25, -0.2) is 0 Å². The molecule has 1 aromatic heterocycles. The van der Waals surface area contributed by atoms with Gasteiger partial charge >= 0.3 is 0 Å². The van der Waals surface area contributed by atoms with Gasteiger partial charge in [-0.2, -0.15) is 5.10 Å². The van der Waals surface area contributed by atoms with Crippen LogP contribution in [0.2, 0.25) is 0 Å². The summed E-state index contributed by atoms with van der Waals surface area (Å²) in [5.74, 6) is -0.195. The van der Waals surface area contributed by atoms with E-state index in [4.69, 9.17) is 10.5 Å². The van der Waals surface area contributed by atoms with Gasteiger partial charge in [0.1, 0.15) is 0 Å². The van der Waals surface area contributed by atoms with E-state index in [1.807, 2.05) is 13.8 Å². The quantitative estimate of drug-likeness (QED) is 0.797. The summed E-state index contributed by atoms with van der Waals surface area (Å²) in [6, 6.07) is 0. The summed E-state index contributed by atoms with van der Waals surface area (Å²) in [6.45, 7) is 6.71. The molecule has 17 heavy (non-hydrogen) atoms. The minimum atomic E-state index is -0.195. The van der Waals surface area contributed by atoms with E-state index >= 15 is 0 Å². The Morgan fingerprint density at radius 1 is 1.59 bits per heavy atom. The number of ether oxygens (including phenoxy) is 1. The maximum absolute atomic E-state index is 12.0. The van der Waals surface area contributed by atoms with Crippen molar-refractivity contribution in [1.82, 2.24) is 15.1 Å². The Balaban J connectivity index is 2.55. The van der Waals surface area contributed by atoms with Gasteiger partial charge in [0.15, 0.2) is 5.69 Å². The number of aromatic nitrogens is 2. The highest BCUT2D eigenvalue weighted by Gasteiger charge is 2.18. The number of hydrogen-bond donors (Lipinski definition) is 2. The van der Waals surface area contributed by atoms with Crippen molar-refractivity contribution in [2.75, 3.05) is 25.9 Å². The normalized spacial score (nSPS) is 10.9. The van der Waals surface area contributed by atoms with Crippen LogP contribution in [0.5, 0.6) is 0 Å². The Morgan fingerprint density at radius 2 is 2.24 bits per heavy atom. The Labute approximate surface area is 101 Å². The van der Waals surface area contributed by atoms with Gasteiger partial charge in [-0.1, -0.05) is 0 Å². The summed E-state index contributed by atoms with van der Waals surface area (Å²) in [5.41, 5.74) is 7.14. The third-order valence-corrected chi connectivity index (χ3v) is 2.42. The van der Waals surface area contributed by atoms with E-state index in [0.717, 1.165) is 0 Å². The van der Waals surface area contributed by atoms with Crippen molar-refractivity contribution >= 4 is 11.6 Å². The van der Waals surface area contributed by atoms with E-state index in [2.05, 4.69) is 10.2 Å². The molecule has 1 rings (SSSR count). The molecule has 0 saturated carbocycles. The van der Waals surface area contributed by atoms with Gasteiger partial charge < -0.3 is 15.4 Å². The summed E-state index contributed by atoms with van der Waals surface area (Å²) in [6.07, 6.45) is 0.163. The second kappa shape index (κ2) is 5.67. The topological polar surface area (TPSA) is 84.2 Å². The third kappa shape index (κ3) is 3.45. The van der Waals surface area contributed by atoms with Gasteiger partial charge in [0.2, 0.25) is 0 Å². The zero-order valence-corrected chi connectivity index (χ0v) is 10.8. The minimum absolute atomic E-state index is 0.163. The highest BCUT2D eigenvalue weighted by molar-refractivity contribution is 5.97. The van der Waals surface area contributed by atoms with Crippen molar-refractivity contribution in [2.45, 2.75) is 26.9 Å². The van der Waals surface area contributed by atoms with Gasteiger partial charge in [-0.15, -0.1) is 0 Å². The van der Waals surface area contributed by atoms with Crippen LogP contribution in [-0.2, 0) is 4.74 Å². The van der Waals surface area contributed by atoms with Crippen LogP contribution in [0, 0.1) is 6.92 Å². The number of aromatic amines is 1. The Bertz CT molecular complexity index is 387. The number of nitrogens with one attached hydrogen (secondary N) is 1. The Morgan fingerprint density at radius 3 is 2.71 bits per heavy atom. The lowest BCUT2D eigenvalue weighted by molar-refractivity contribution is 0.0529. The molecule has 0 bridgehead atoms. The van der Waals surface area contributed by atoms with Crippen LogP contribution in [0.25, 0.3) is 0 Å². The molecule has 0 fully saturated rings. The number of carbonyl (C=O) groups is 1. The van der Waals surface area contributed by atoms with Crippen molar-refractivity contribution in [2.24, 2.45) is 0 Å². The summed E-state index contributed by atoms with van der Waals surface area (Å²) < 4.78 is 5.38. The van der Waals surface area contributed by atoms with E-state index in [9.17, 15) is 4.79 Å². The molecule has 0 radical (unpaired) electrons. The number of rotatable bonds is 5. The van der Waals surface area contributed by atoms with Crippen molar-refractivity contribution in [3.8, 4) is 0 Å². The first kappa shape index (κ1) is 13.5. The number of nitrogen functional groups attached to an aromatic ring is 1. The molecule has 0 aliphatic rings. The summed E-state index contributed by atoms with van der Waals surface area (Å²) in [7, 11) is 1.70. The lowest BCUT2D eigenvalue weighted by atomic mass is 10.3. The molecule has 0 aliphatic heterocycles. The van der Waals surface area contributed by atoms with E-state index in [0.29, 0.717) is 24.5 Å². The molecular weight excluding hydrogens is 220 g/mol. The smallest absolute Gasteiger partial charge is 0.276 e. The fourth-order valence-corrected chi connectivity index (χ4v) is 1.31. The molecule has 0 spiro atoms. The standard InChI is InChI=1S/C11H20N4O2/c1-7(2)17-6-5-15(4)11(16)10-9(12)8(3)13-14-10/h7H,5-6,12H2,1-4H3,(H,13,14). The highest BCUT2D eigenvalue weighted by Crippen LogP contribution is 2.13. The molecule has 0 aliphatic carbocycles. The zero-order valence-electron chi connectivity index (χ0n) is 10.8. The van der Waals surface area contributed by atoms with Gasteiger partial charge in [0.25, 0.3) is 5.91 Å². The minimum Gasteiger partial charge on any atom is -0.395 e. The first-order valence-corrected chi connectivity index (χ1v) is 5.61. The monoisotopic (exact) mass is 240 g/mol. The fourth-order valence-electron chi connectivity index (χ4n) is 1.31. The average molecular weight is 240 g/mol. The average Bonchev–Trinajstić information content (AvgIpc) is 2.58. The van der Waals surface area contributed by atoms with Crippen molar-refractivity contribution in [3.63, 3.8) is 0 Å². The lowest BCUT2D eigenvalue weighted by Gasteiger charge is -2.17. The molecule has 96 valence electrons. The summed E-state index contributed by atoms with van der Waals surface area (Å²) in [5, 5.41) is 6.59. The maximum Gasteiger partial charge on any atom is 0.276 e. The highest BCUT2D eigenvalue weighted by atomic mass is 16.5. The largest absolute Gasteiger partial charge is 0.395 e. The van der Waals surface area contributed by atoms with Crippen LogP contribution in [0.1, 0.15) is 30.0 Å². The van der Waals surface area contributed by atoms with Crippen LogP contribution in [0.4, 0.5) is 5.69 Å². The van der Waals surface area contributed by atoms with E-state index in [-0.39, 0.29) is 17.7 Å². The number of amides is 1. The molecule has 3 N–H and O–H groups in total. The second-order valence-corrected chi connectivity index (χ2v) is 4.26. The SMILES string of the molecule is Cc1[nH]nc(C(=O)N(C)CCOC(C)C)c1N. The number of aryl methyl sites for hydroxylation is 1. The number of likely N-dealkylation sites (N-methyl/N-ethyl adjacent to an activating group) is 1.